The first kappa shape index (κ1) is 22.2. The molecule has 1 heterocycles. The molecule has 1 fully saturated rings. The van der Waals surface area contributed by atoms with Crippen LogP contribution in [-0.2, 0) is 0 Å². The van der Waals surface area contributed by atoms with E-state index < -0.39 is 0 Å². The van der Waals surface area contributed by atoms with Crippen LogP contribution in [0.3, 0.4) is 0 Å². The van der Waals surface area contributed by atoms with Gasteiger partial charge in [0.1, 0.15) is 0 Å². The highest BCUT2D eigenvalue weighted by Gasteiger charge is 2.43. The van der Waals surface area contributed by atoms with Gasteiger partial charge in [0.25, 0.3) is 5.91 Å². The van der Waals surface area contributed by atoms with Crippen LogP contribution in [0.5, 0.6) is 0 Å². The Morgan fingerprint density at radius 2 is 1.61 bits per heavy atom. The number of carbonyl (C=O) groups excluding carboxylic acids is 1. The third-order valence-corrected chi connectivity index (χ3v) is 6.94. The zero-order valence-electron chi connectivity index (χ0n) is 17.7. The fourth-order valence-corrected chi connectivity index (χ4v) is 5.12. The molecule has 166 valence electrons. The van der Waals surface area contributed by atoms with Crippen LogP contribution in [0.25, 0.3) is 6.08 Å². The summed E-state index contributed by atoms with van der Waals surface area (Å²) in [6, 6.07) is 22.3. The van der Waals surface area contributed by atoms with E-state index in [-0.39, 0.29) is 17.9 Å². The first-order chi connectivity index (χ1) is 16.0. The third-order valence-electron chi connectivity index (χ3n) is 6.20. The molecule has 2 aliphatic rings. The Balaban J connectivity index is 1.58. The normalized spacial score (nSPS) is 21.1. The highest BCUT2D eigenvalue weighted by atomic mass is 35.5. The average molecular weight is 496 g/mol. The van der Waals surface area contributed by atoms with Crippen molar-refractivity contribution in [2.45, 2.75) is 25.3 Å². The van der Waals surface area contributed by atoms with E-state index in [9.17, 15) is 4.79 Å². The lowest BCUT2D eigenvalue weighted by Gasteiger charge is -2.29. The SMILES string of the molecule is O=C(c1cccc(Cl)c1)N1N=C2/C(=C/c3ccc(Cl)cc3)CCCC2C1c1ccc(Cl)cc1. The molecule has 1 aliphatic carbocycles. The summed E-state index contributed by atoms with van der Waals surface area (Å²) in [6.45, 7) is 0. The first-order valence-electron chi connectivity index (χ1n) is 10.9. The zero-order valence-corrected chi connectivity index (χ0v) is 20.0. The second-order valence-electron chi connectivity index (χ2n) is 8.36. The molecule has 3 aromatic carbocycles. The summed E-state index contributed by atoms with van der Waals surface area (Å²) in [7, 11) is 0. The monoisotopic (exact) mass is 494 g/mol. The van der Waals surface area contributed by atoms with Gasteiger partial charge >= 0.3 is 0 Å². The van der Waals surface area contributed by atoms with Crippen LogP contribution in [0.1, 0.15) is 46.8 Å². The lowest BCUT2D eigenvalue weighted by atomic mass is 9.77. The molecule has 6 heteroatoms. The van der Waals surface area contributed by atoms with Crippen LogP contribution < -0.4 is 0 Å². The van der Waals surface area contributed by atoms with Gasteiger partial charge in [-0.1, -0.05) is 65.1 Å². The van der Waals surface area contributed by atoms with Crippen LogP contribution >= 0.6 is 34.8 Å². The minimum Gasteiger partial charge on any atom is -0.267 e. The first-order valence-corrected chi connectivity index (χ1v) is 12.0. The van der Waals surface area contributed by atoms with Crippen LogP contribution in [0, 0.1) is 5.92 Å². The van der Waals surface area contributed by atoms with Crippen molar-refractivity contribution in [2.24, 2.45) is 11.0 Å². The van der Waals surface area contributed by atoms with Crippen molar-refractivity contribution < 1.29 is 4.79 Å². The molecule has 0 saturated heterocycles. The minimum atomic E-state index is -0.197. The van der Waals surface area contributed by atoms with Gasteiger partial charge in [0.2, 0.25) is 0 Å². The summed E-state index contributed by atoms with van der Waals surface area (Å²) in [5.74, 6) is -0.0493. The van der Waals surface area contributed by atoms with Gasteiger partial charge in [0.15, 0.2) is 0 Å². The highest BCUT2D eigenvalue weighted by Crippen LogP contribution is 2.45. The smallest absolute Gasteiger partial charge is 0.267 e. The molecule has 0 N–H and O–H groups in total. The Hall–Kier alpha value is -2.59. The fraction of sp³-hybridized carbons (Fsp3) is 0.185. The number of nitrogens with zero attached hydrogens (tertiary/aromatic N) is 2. The van der Waals surface area contributed by atoms with Crippen LogP contribution in [0.2, 0.25) is 15.1 Å². The van der Waals surface area contributed by atoms with Crippen LogP contribution in [0.4, 0.5) is 0 Å². The molecule has 33 heavy (non-hydrogen) atoms. The fourth-order valence-electron chi connectivity index (χ4n) is 4.68. The Bertz CT molecular complexity index is 1250. The molecule has 2 unspecified atom stereocenters. The Morgan fingerprint density at radius 3 is 2.30 bits per heavy atom. The molecule has 0 aromatic heterocycles. The molecule has 3 aromatic rings. The van der Waals surface area contributed by atoms with Gasteiger partial charge in [-0.3, -0.25) is 4.79 Å². The van der Waals surface area contributed by atoms with Gasteiger partial charge < -0.3 is 0 Å². The lowest BCUT2D eigenvalue weighted by Crippen LogP contribution is -2.31. The van der Waals surface area contributed by atoms with Crippen LogP contribution in [-0.4, -0.2) is 16.6 Å². The number of hydrogen-bond acceptors (Lipinski definition) is 2. The van der Waals surface area contributed by atoms with E-state index in [0.29, 0.717) is 20.6 Å². The van der Waals surface area contributed by atoms with E-state index in [1.54, 1.807) is 29.3 Å². The van der Waals surface area contributed by atoms with E-state index in [0.717, 1.165) is 41.7 Å². The number of amides is 1. The number of allylic oxidation sites excluding steroid dienone is 1. The van der Waals surface area contributed by atoms with E-state index >= 15 is 0 Å². The molecule has 1 aliphatic heterocycles. The largest absolute Gasteiger partial charge is 0.274 e. The van der Waals surface area contributed by atoms with E-state index in [4.69, 9.17) is 39.9 Å². The maximum Gasteiger partial charge on any atom is 0.274 e. The van der Waals surface area contributed by atoms with Gasteiger partial charge in [0.05, 0.1) is 11.8 Å². The van der Waals surface area contributed by atoms with Crippen molar-refractivity contribution in [1.29, 1.82) is 0 Å². The minimum absolute atomic E-state index is 0.113. The zero-order chi connectivity index (χ0) is 22.9. The summed E-state index contributed by atoms with van der Waals surface area (Å²) in [6.07, 6.45) is 5.08. The summed E-state index contributed by atoms with van der Waals surface area (Å²) < 4.78 is 0. The topological polar surface area (TPSA) is 32.7 Å². The van der Waals surface area contributed by atoms with E-state index in [1.165, 1.54) is 0 Å². The van der Waals surface area contributed by atoms with Crippen LogP contribution in [0.15, 0.2) is 83.5 Å². The maximum atomic E-state index is 13.6. The average Bonchev–Trinajstić information content (AvgIpc) is 3.21. The second-order valence-corrected chi connectivity index (χ2v) is 9.67. The highest BCUT2D eigenvalue weighted by molar-refractivity contribution is 6.31. The molecule has 5 rings (SSSR count). The number of hydrazone groups is 1. The maximum absolute atomic E-state index is 13.6. The number of rotatable bonds is 3. The molecule has 3 nitrogen and oxygen atoms in total. The van der Waals surface area contributed by atoms with E-state index in [1.807, 2.05) is 48.5 Å². The molecule has 1 saturated carbocycles. The predicted octanol–water partition coefficient (Wildman–Crippen LogP) is 8.08. The van der Waals surface area contributed by atoms with Gasteiger partial charge in [-0.2, -0.15) is 5.10 Å². The standard InChI is InChI=1S/C27H21Cl3N2O/c28-21-11-7-17(8-12-21)15-19-3-2-6-24-25(19)31-32(26(24)18-9-13-22(29)14-10-18)27(33)20-4-1-5-23(30)16-20/h1,4-5,7-16,24,26H,2-3,6H2/b19-15+. The second kappa shape index (κ2) is 9.34. The van der Waals surface area contributed by atoms with Gasteiger partial charge in [0, 0.05) is 26.5 Å². The van der Waals surface area contributed by atoms with Crippen molar-refractivity contribution in [3.63, 3.8) is 0 Å². The number of halogens is 3. The summed E-state index contributed by atoms with van der Waals surface area (Å²) in [5, 5.41) is 8.45. The summed E-state index contributed by atoms with van der Waals surface area (Å²) in [4.78, 5) is 13.6. The Kier molecular flexibility index (Phi) is 6.29. The molecular weight excluding hydrogens is 475 g/mol. The molecular formula is C27H21Cl3N2O. The molecule has 0 bridgehead atoms. The molecule has 1 amide bonds. The molecule has 0 radical (unpaired) electrons. The number of hydrogen-bond donors (Lipinski definition) is 0. The van der Waals surface area contributed by atoms with Crippen molar-refractivity contribution in [3.8, 4) is 0 Å². The Labute approximate surface area is 208 Å². The Morgan fingerprint density at radius 1 is 0.909 bits per heavy atom. The van der Waals surface area contributed by atoms with E-state index in [2.05, 4.69) is 6.08 Å². The summed E-state index contributed by atoms with van der Waals surface area (Å²) in [5.41, 5.74) is 4.75. The van der Waals surface area contributed by atoms with Crippen molar-refractivity contribution >= 4 is 52.5 Å². The summed E-state index contributed by atoms with van der Waals surface area (Å²) >= 11 is 18.4. The van der Waals surface area contributed by atoms with Gasteiger partial charge in [-0.05, 0) is 84.5 Å². The number of fused-ring (bicyclic) bond motifs is 1. The van der Waals surface area contributed by atoms with Gasteiger partial charge in [-0.15, -0.1) is 0 Å². The lowest BCUT2D eigenvalue weighted by molar-refractivity contribution is 0.0681. The molecule has 2 atom stereocenters. The number of carbonyl (C=O) groups is 1. The molecule has 0 spiro atoms. The van der Waals surface area contributed by atoms with Crippen molar-refractivity contribution in [3.05, 3.63) is 110 Å². The van der Waals surface area contributed by atoms with Gasteiger partial charge in [-0.25, -0.2) is 5.01 Å². The third kappa shape index (κ3) is 4.59. The number of benzene rings is 3. The predicted molar refractivity (Wildman–Crippen MR) is 136 cm³/mol. The van der Waals surface area contributed by atoms with Crippen molar-refractivity contribution in [1.82, 2.24) is 5.01 Å². The van der Waals surface area contributed by atoms with Crippen molar-refractivity contribution in [2.75, 3.05) is 0 Å². The quantitative estimate of drug-likeness (QED) is 0.361.